The number of carbonyl (C=O) groups excluding carboxylic acids is 1. The molecule has 0 radical (unpaired) electrons. The number of rotatable bonds is 3. The molecule has 1 amide bonds. The molecule has 116 valence electrons. The van der Waals surface area contributed by atoms with E-state index in [1.807, 2.05) is 12.1 Å². The van der Waals surface area contributed by atoms with Crippen molar-refractivity contribution in [1.82, 2.24) is 15.0 Å². The first kappa shape index (κ1) is 15.4. The van der Waals surface area contributed by atoms with E-state index in [1.54, 1.807) is 43.6 Å². The minimum atomic E-state index is -0.243. The van der Waals surface area contributed by atoms with E-state index in [1.165, 1.54) is 7.11 Å². The number of carbonyl (C=O) groups is 1. The minimum absolute atomic E-state index is 0.243. The third-order valence-electron chi connectivity index (χ3n) is 3.49. The van der Waals surface area contributed by atoms with Crippen molar-refractivity contribution in [3.8, 4) is 11.3 Å². The Morgan fingerprint density at radius 2 is 1.87 bits per heavy atom. The van der Waals surface area contributed by atoms with Gasteiger partial charge in [0.1, 0.15) is 0 Å². The Balaban J connectivity index is 2.04. The van der Waals surface area contributed by atoms with Gasteiger partial charge in [0.2, 0.25) is 0 Å². The lowest BCUT2D eigenvalue weighted by atomic mass is 10.1. The van der Waals surface area contributed by atoms with E-state index < -0.39 is 0 Å². The van der Waals surface area contributed by atoms with Gasteiger partial charge in [0.05, 0.1) is 30.0 Å². The van der Waals surface area contributed by atoms with Crippen molar-refractivity contribution in [3.63, 3.8) is 0 Å². The second-order valence-corrected chi connectivity index (χ2v) is 5.39. The van der Waals surface area contributed by atoms with E-state index in [2.05, 4.69) is 9.97 Å². The van der Waals surface area contributed by atoms with E-state index in [4.69, 9.17) is 16.4 Å². The van der Waals surface area contributed by atoms with Crippen molar-refractivity contribution in [1.29, 1.82) is 0 Å². The van der Waals surface area contributed by atoms with Crippen LogP contribution in [-0.2, 0) is 4.84 Å². The molecular formula is C17H14ClN3O2. The zero-order valence-corrected chi connectivity index (χ0v) is 13.4. The van der Waals surface area contributed by atoms with E-state index >= 15 is 0 Å². The van der Waals surface area contributed by atoms with Crippen LogP contribution >= 0.6 is 11.6 Å². The number of hydroxylamine groups is 2. The smallest absolute Gasteiger partial charge is 0.274 e. The Morgan fingerprint density at radius 3 is 2.57 bits per heavy atom. The Hall–Kier alpha value is -2.50. The van der Waals surface area contributed by atoms with Crippen LogP contribution in [0.1, 0.15) is 10.4 Å². The SMILES string of the molecule is CON(C)C(=O)c1ccc2ncc(-c3ccc(Cl)cc3)nc2c1. The molecule has 0 fully saturated rings. The van der Waals surface area contributed by atoms with Gasteiger partial charge in [-0.15, -0.1) is 0 Å². The van der Waals surface area contributed by atoms with Crippen LogP contribution in [0.4, 0.5) is 0 Å². The lowest BCUT2D eigenvalue weighted by Gasteiger charge is -2.13. The molecule has 23 heavy (non-hydrogen) atoms. The normalized spacial score (nSPS) is 10.7. The average Bonchev–Trinajstić information content (AvgIpc) is 2.60. The summed E-state index contributed by atoms with van der Waals surface area (Å²) in [7, 11) is 3.00. The molecule has 1 aromatic heterocycles. The molecular weight excluding hydrogens is 314 g/mol. The van der Waals surface area contributed by atoms with Gasteiger partial charge in [-0.2, -0.15) is 0 Å². The molecule has 5 nitrogen and oxygen atoms in total. The number of hydrogen-bond acceptors (Lipinski definition) is 4. The van der Waals surface area contributed by atoms with Crippen LogP contribution in [0, 0.1) is 0 Å². The molecule has 0 aliphatic heterocycles. The summed E-state index contributed by atoms with van der Waals surface area (Å²) < 4.78 is 0. The molecule has 2 aromatic carbocycles. The highest BCUT2D eigenvalue weighted by Gasteiger charge is 2.12. The van der Waals surface area contributed by atoms with Gasteiger partial charge in [-0.3, -0.25) is 14.6 Å². The van der Waals surface area contributed by atoms with Crippen LogP contribution in [0.25, 0.3) is 22.3 Å². The first-order chi connectivity index (χ1) is 11.1. The molecule has 0 N–H and O–H groups in total. The largest absolute Gasteiger partial charge is 0.277 e. The van der Waals surface area contributed by atoms with Crippen LogP contribution in [0.2, 0.25) is 5.02 Å². The van der Waals surface area contributed by atoms with Gasteiger partial charge in [0.25, 0.3) is 5.91 Å². The van der Waals surface area contributed by atoms with Crippen LogP contribution in [0.3, 0.4) is 0 Å². The zero-order chi connectivity index (χ0) is 16.4. The number of halogens is 1. The number of amides is 1. The summed E-state index contributed by atoms with van der Waals surface area (Å²) in [5.74, 6) is -0.243. The maximum atomic E-state index is 12.1. The monoisotopic (exact) mass is 327 g/mol. The molecule has 6 heteroatoms. The second kappa shape index (κ2) is 6.32. The molecule has 3 rings (SSSR count). The fourth-order valence-electron chi connectivity index (χ4n) is 2.17. The summed E-state index contributed by atoms with van der Waals surface area (Å²) in [6.45, 7) is 0. The summed E-state index contributed by atoms with van der Waals surface area (Å²) >= 11 is 5.90. The summed E-state index contributed by atoms with van der Waals surface area (Å²) in [6.07, 6.45) is 1.70. The van der Waals surface area contributed by atoms with Gasteiger partial charge >= 0.3 is 0 Å². The lowest BCUT2D eigenvalue weighted by Crippen LogP contribution is -2.25. The third-order valence-corrected chi connectivity index (χ3v) is 3.74. The number of fused-ring (bicyclic) bond motifs is 1. The second-order valence-electron chi connectivity index (χ2n) is 4.95. The number of nitrogens with zero attached hydrogens (tertiary/aromatic N) is 3. The third kappa shape index (κ3) is 3.16. The van der Waals surface area contributed by atoms with Crippen LogP contribution in [-0.4, -0.2) is 35.1 Å². The molecule has 1 heterocycles. The molecule has 3 aromatic rings. The molecule has 0 aliphatic rings. The van der Waals surface area contributed by atoms with Gasteiger partial charge in [-0.1, -0.05) is 23.7 Å². The standard InChI is InChI=1S/C17H14ClN3O2/c1-21(23-2)17(22)12-5-8-14-15(9-12)20-16(10-19-14)11-3-6-13(18)7-4-11/h3-10H,1-2H3. The highest BCUT2D eigenvalue weighted by Crippen LogP contribution is 2.22. The first-order valence-electron chi connectivity index (χ1n) is 6.93. The molecule has 0 saturated heterocycles. The molecule has 0 saturated carbocycles. The highest BCUT2D eigenvalue weighted by atomic mass is 35.5. The van der Waals surface area contributed by atoms with Crippen molar-refractivity contribution in [3.05, 3.63) is 59.2 Å². The summed E-state index contributed by atoms with van der Waals surface area (Å²) in [6, 6.07) is 12.5. The number of hydrogen-bond donors (Lipinski definition) is 0. The van der Waals surface area contributed by atoms with Crippen LogP contribution in [0.5, 0.6) is 0 Å². The number of aromatic nitrogens is 2. The summed E-state index contributed by atoms with van der Waals surface area (Å²) in [5.41, 5.74) is 3.49. The molecule has 0 spiro atoms. The lowest BCUT2D eigenvalue weighted by molar-refractivity contribution is -0.0756. The Morgan fingerprint density at radius 1 is 1.13 bits per heavy atom. The molecule has 0 atom stereocenters. The predicted octanol–water partition coefficient (Wildman–Crippen LogP) is 3.58. The van der Waals surface area contributed by atoms with Gasteiger partial charge in [-0.05, 0) is 30.3 Å². The maximum Gasteiger partial charge on any atom is 0.277 e. The van der Waals surface area contributed by atoms with Crippen LogP contribution < -0.4 is 0 Å². The average molecular weight is 328 g/mol. The Kier molecular flexibility index (Phi) is 4.23. The first-order valence-corrected chi connectivity index (χ1v) is 7.31. The van der Waals surface area contributed by atoms with Gasteiger partial charge < -0.3 is 0 Å². The van der Waals surface area contributed by atoms with Gasteiger partial charge in [0.15, 0.2) is 0 Å². The quantitative estimate of drug-likeness (QED) is 0.690. The van der Waals surface area contributed by atoms with E-state index in [0.717, 1.165) is 21.8 Å². The molecule has 0 aliphatic carbocycles. The molecule has 0 bridgehead atoms. The van der Waals surface area contributed by atoms with Crippen molar-refractivity contribution in [2.24, 2.45) is 0 Å². The van der Waals surface area contributed by atoms with Crippen LogP contribution in [0.15, 0.2) is 48.7 Å². The number of benzene rings is 2. The Bertz CT molecular complexity index is 865. The topological polar surface area (TPSA) is 55.3 Å². The summed E-state index contributed by atoms with van der Waals surface area (Å²) in [4.78, 5) is 26.0. The van der Waals surface area contributed by atoms with Crippen molar-refractivity contribution in [2.45, 2.75) is 0 Å². The van der Waals surface area contributed by atoms with Crippen molar-refractivity contribution >= 4 is 28.5 Å². The Labute approximate surface area is 138 Å². The zero-order valence-electron chi connectivity index (χ0n) is 12.7. The van der Waals surface area contributed by atoms with E-state index in [9.17, 15) is 4.79 Å². The maximum absolute atomic E-state index is 12.1. The molecule has 0 unspecified atom stereocenters. The highest BCUT2D eigenvalue weighted by molar-refractivity contribution is 6.30. The van der Waals surface area contributed by atoms with Crippen molar-refractivity contribution < 1.29 is 9.63 Å². The van der Waals surface area contributed by atoms with E-state index in [-0.39, 0.29) is 5.91 Å². The van der Waals surface area contributed by atoms with Crippen molar-refractivity contribution in [2.75, 3.05) is 14.2 Å². The minimum Gasteiger partial charge on any atom is -0.274 e. The fraction of sp³-hybridized carbons (Fsp3) is 0.118. The summed E-state index contributed by atoms with van der Waals surface area (Å²) in [5, 5.41) is 1.83. The van der Waals surface area contributed by atoms with Gasteiger partial charge in [0, 0.05) is 23.2 Å². The van der Waals surface area contributed by atoms with Gasteiger partial charge in [-0.25, -0.2) is 10.0 Å². The fourth-order valence-corrected chi connectivity index (χ4v) is 2.29. The van der Waals surface area contributed by atoms with E-state index in [0.29, 0.717) is 16.1 Å². The predicted molar refractivity (Wildman–Crippen MR) is 89.1 cm³/mol.